The second-order valence-electron chi connectivity index (χ2n) is 3.16. The molecule has 0 spiro atoms. The zero-order valence-electron chi connectivity index (χ0n) is 8.34. The molecule has 1 nitrogen and oxygen atoms in total. The predicted molar refractivity (Wildman–Crippen MR) is 57.3 cm³/mol. The van der Waals surface area contributed by atoms with Crippen LogP contribution in [0.15, 0.2) is 24.3 Å². The molecule has 0 bridgehead atoms. The molecule has 0 aliphatic heterocycles. The van der Waals surface area contributed by atoms with Crippen LogP contribution >= 0.6 is 0 Å². The van der Waals surface area contributed by atoms with Crippen LogP contribution < -0.4 is 4.43 Å². The van der Waals surface area contributed by atoms with E-state index in [1.807, 2.05) is 12.1 Å². The van der Waals surface area contributed by atoms with E-state index in [4.69, 9.17) is 4.43 Å². The summed E-state index contributed by atoms with van der Waals surface area (Å²) in [6.45, 7) is 4.29. The Kier molecular flexibility index (Phi) is 4.61. The summed E-state index contributed by atoms with van der Waals surface area (Å²) in [6.07, 6.45) is 2.52. The molecule has 0 saturated heterocycles. The standard InChI is InChI=1S/C11H16OSi/c1-3-4-9-13-12-11-7-5-10(2)6-8-11/h5-8H,3-4,9H2,1-2H3. The largest absolute Gasteiger partial charge is 0.541 e. The average molecular weight is 192 g/mol. The molecular formula is C11H16OSi. The minimum absolute atomic E-state index is 0.613. The first kappa shape index (κ1) is 10.3. The molecule has 13 heavy (non-hydrogen) atoms. The highest BCUT2D eigenvalue weighted by atomic mass is 28.2. The van der Waals surface area contributed by atoms with Crippen LogP contribution in [-0.4, -0.2) is 9.76 Å². The van der Waals surface area contributed by atoms with Gasteiger partial charge in [0.15, 0.2) is 0 Å². The summed E-state index contributed by atoms with van der Waals surface area (Å²) in [5.41, 5.74) is 1.28. The maximum Gasteiger partial charge on any atom is 0.310 e. The van der Waals surface area contributed by atoms with Crippen molar-refractivity contribution in [1.29, 1.82) is 0 Å². The van der Waals surface area contributed by atoms with Crippen LogP contribution in [0.2, 0.25) is 6.04 Å². The van der Waals surface area contributed by atoms with E-state index in [1.54, 1.807) is 0 Å². The molecule has 0 aliphatic carbocycles. The van der Waals surface area contributed by atoms with Crippen molar-refractivity contribution < 1.29 is 4.43 Å². The Balaban J connectivity index is 2.25. The van der Waals surface area contributed by atoms with Gasteiger partial charge >= 0.3 is 9.76 Å². The Labute approximate surface area is 83.1 Å². The fourth-order valence-electron chi connectivity index (χ4n) is 0.990. The van der Waals surface area contributed by atoms with E-state index in [0.717, 1.165) is 5.75 Å². The van der Waals surface area contributed by atoms with Gasteiger partial charge in [-0.05, 0) is 25.1 Å². The normalized spacial score (nSPS) is 10.0. The van der Waals surface area contributed by atoms with Crippen molar-refractivity contribution >= 4 is 9.76 Å². The van der Waals surface area contributed by atoms with Crippen LogP contribution in [0.5, 0.6) is 5.75 Å². The van der Waals surface area contributed by atoms with E-state index < -0.39 is 0 Å². The molecule has 0 fully saturated rings. The minimum Gasteiger partial charge on any atom is -0.541 e. The predicted octanol–water partition coefficient (Wildman–Crippen LogP) is 3.21. The fourth-order valence-corrected chi connectivity index (χ4v) is 1.89. The average Bonchev–Trinajstić information content (AvgIpc) is 2.15. The summed E-state index contributed by atoms with van der Waals surface area (Å²) < 4.78 is 5.59. The van der Waals surface area contributed by atoms with Gasteiger partial charge in [0, 0.05) is 0 Å². The van der Waals surface area contributed by atoms with Crippen molar-refractivity contribution in [2.45, 2.75) is 32.7 Å². The molecule has 0 aromatic heterocycles. The van der Waals surface area contributed by atoms with Crippen LogP contribution in [0.25, 0.3) is 0 Å². The number of aryl methyl sites for hydroxylation is 1. The summed E-state index contributed by atoms with van der Waals surface area (Å²) in [7, 11) is 0.613. The number of rotatable bonds is 5. The first-order valence-corrected chi connectivity index (χ1v) is 5.91. The number of unbranched alkanes of at least 4 members (excludes halogenated alkanes) is 1. The summed E-state index contributed by atoms with van der Waals surface area (Å²) in [4.78, 5) is 0. The Bertz CT molecular complexity index is 230. The van der Waals surface area contributed by atoms with Crippen LogP contribution in [-0.2, 0) is 0 Å². The first-order chi connectivity index (χ1) is 6.33. The second kappa shape index (κ2) is 5.81. The molecular weight excluding hydrogens is 176 g/mol. The fraction of sp³-hybridized carbons (Fsp3) is 0.455. The van der Waals surface area contributed by atoms with Gasteiger partial charge in [0.25, 0.3) is 0 Å². The molecule has 1 rings (SSSR count). The third-order valence-electron chi connectivity index (χ3n) is 1.84. The van der Waals surface area contributed by atoms with Crippen molar-refractivity contribution in [1.82, 2.24) is 0 Å². The van der Waals surface area contributed by atoms with E-state index in [9.17, 15) is 0 Å². The quantitative estimate of drug-likeness (QED) is 0.514. The number of benzene rings is 1. The molecule has 0 atom stereocenters. The molecule has 0 saturated carbocycles. The molecule has 0 unspecified atom stereocenters. The molecule has 2 radical (unpaired) electrons. The van der Waals surface area contributed by atoms with Gasteiger partial charge in [-0.25, -0.2) is 0 Å². The third kappa shape index (κ3) is 4.13. The lowest BCUT2D eigenvalue weighted by molar-refractivity contribution is 0.587. The molecule has 0 N–H and O–H groups in total. The summed E-state index contributed by atoms with van der Waals surface area (Å²) in [6, 6.07) is 9.42. The highest BCUT2D eigenvalue weighted by Crippen LogP contribution is 2.11. The molecule has 0 aliphatic rings. The molecule has 0 heterocycles. The topological polar surface area (TPSA) is 9.23 Å². The van der Waals surface area contributed by atoms with Crippen LogP contribution in [0, 0.1) is 6.92 Å². The lowest BCUT2D eigenvalue weighted by Crippen LogP contribution is -2.00. The minimum atomic E-state index is 0.613. The van der Waals surface area contributed by atoms with Gasteiger partial charge < -0.3 is 4.43 Å². The lowest BCUT2D eigenvalue weighted by Gasteiger charge is -2.03. The monoisotopic (exact) mass is 192 g/mol. The SMILES string of the molecule is CCCC[Si]Oc1ccc(C)cc1. The van der Waals surface area contributed by atoms with E-state index in [0.29, 0.717) is 9.76 Å². The van der Waals surface area contributed by atoms with E-state index >= 15 is 0 Å². The molecule has 1 aromatic rings. The van der Waals surface area contributed by atoms with Crippen LogP contribution in [0.1, 0.15) is 25.3 Å². The molecule has 1 aromatic carbocycles. The third-order valence-corrected chi connectivity index (χ3v) is 2.78. The van der Waals surface area contributed by atoms with Crippen molar-refractivity contribution in [3.05, 3.63) is 29.8 Å². The van der Waals surface area contributed by atoms with Crippen LogP contribution in [0.3, 0.4) is 0 Å². The van der Waals surface area contributed by atoms with E-state index in [-0.39, 0.29) is 0 Å². The van der Waals surface area contributed by atoms with Gasteiger partial charge in [-0.2, -0.15) is 0 Å². The Hall–Kier alpha value is -0.763. The van der Waals surface area contributed by atoms with Gasteiger partial charge in [0.1, 0.15) is 5.75 Å². The molecule has 2 heteroatoms. The maximum atomic E-state index is 5.59. The lowest BCUT2D eigenvalue weighted by atomic mass is 10.2. The van der Waals surface area contributed by atoms with Crippen molar-refractivity contribution in [3.8, 4) is 5.75 Å². The van der Waals surface area contributed by atoms with Gasteiger partial charge in [0.05, 0.1) is 0 Å². The zero-order chi connectivity index (χ0) is 9.52. The van der Waals surface area contributed by atoms with Crippen LogP contribution in [0.4, 0.5) is 0 Å². The summed E-state index contributed by atoms with van der Waals surface area (Å²) >= 11 is 0. The van der Waals surface area contributed by atoms with E-state index in [1.165, 1.54) is 24.4 Å². The summed E-state index contributed by atoms with van der Waals surface area (Å²) in [5.74, 6) is 1.00. The number of hydrogen-bond acceptors (Lipinski definition) is 1. The van der Waals surface area contributed by atoms with Gasteiger partial charge in [-0.15, -0.1) is 0 Å². The number of hydrogen-bond donors (Lipinski definition) is 0. The maximum absolute atomic E-state index is 5.59. The highest BCUT2D eigenvalue weighted by Gasteiger charge is 1.94. The van der Waals surface area contributed by atoms with Gasteiger partial charge in [0.2, 0.25) is 0 Å². The second-order valence-corrected chi connectivity index (χ2v) is 4.16. The van der Waals surface area contributed by atoms with E-state index in [2.05, 4.69) is 26.0 Å². The zero-order valence-corrected chi connectivity index (χ0v) is 9.34. The Morgan fingerprint density at radius 3 is 2.54 bits per heavy atom. The van der Waals surface area contributed by atoms with Crippen molar-refractivity contribution in [2.75, 3.05) is 0 Å². The highest BCUT2D eigenvalue weighted by molar-refractivity contribution is 6.28. The van der Waals surface area contributed by atoms with Gasteiger partial charge in [-0.1, -0.05) is 37.5 Å². The Morgan fingerprint density at radius 1 is 1.23 bits per heavy atom. The first-order valence-electron chi connectivity index (χ1n) is 4.79. The molecule has 0 amide bonds. The Morgan fingerprint density at radius 2 is 1.92 bits per heavy atom. The smallest absolute Gasteiger partial charge is 0.310 e. The summed E-state index contributed by atoms with van der Waals surface area (Å²) in [5, 5.41) is 0. The molecule has 70 valence electrons. The van der Waals surface area contributed by atoms with Crippen molar-refractivity contribution in [2.24, 2.45) is 0 Å². The van der Waals surface area contributed by atoms with Gasteiger partial charge in [-0.3, -0.25) is 0 Å². The van der Waals surface area contributed by atoms with Crippen molar-refractivity contribution in [3.63, 3.8) is 0 Å².